The predicted octanol–water partition coefficient (Wildman–Crippen LogP) is 0.986. The smallest absolute Gasteiger partial charge is 0.277 e. The Labute approximate surface area is 132 Å². The van der Waals surface area contributed by atoms with E-state index in [1.54, 1.807) is 0 Å². The molecular formula is C14H19F2N3O4. The molecular weight excluding hydrogens is 312 g/mol. The molecule has 1 aromatic rings. The lowest BCUT2D eigenvalue weighted by Crippen LogP contribution is -2.41. The monoisotopic (exact) mass is 331 g/mol. The quantitative estimate of drug-likeness (QED) is 0.691. The number of alkyl halides is 2. The van der Waals surface area contributed by atoms with Crippen LogP contribution in [0.25, 0.3) is 0 Å². The van der Waals surface area contributed by atoms with Crippen molar-refractivity contribution in [2.24, 2.45) is 5.73 Å². The van der Waals surface area contributed by atoms with Gasteiger partial charge in [-0.15, -0.1) is 0 Å². The van der Waals surface area contributed by atoms with Crippen molar-refractivity contribution < 1.29 is 27.8 Å². The van der Waals surface area contributed by atoms with E-state index in [0.717, 1.165) is 0 Å². The van der Waals surface area contributed by atoms with E-state index in [1.807, 2.05) is 0 Å². The molecule has 0 aliphatic carbocycles. The molecule has 4 N–H and O–H groups in total. The van der Waals surface area contributed by atoms with E-state index in [-0.39, 0.29) is 22.7 Å². The molecule has 0 fully saturated rings. The first-order valence-corrected chi connectivity index (χ1v) is 6.63. The number of carbonyl (C=O) groups is 2. The minimum atomic E-state index is -3.20. The van der Waals surface area contributed by atoms with Crippen molar-refractivity contribution in [2.75, 3.05) is 32.6 Å². The topological polar surface area (TPSA) is 103 Å². The van der Waals surface area contributed by atoms with Gasteiger partial charge in [0.2, 0.25) is 5.91 Å². The van der Waals surface area contributed by atoms with Crippen LogP contribution in [0.3, 0.4) is 0 Å². The highest BCUT2D eigenvalue weighted by atomic mass is 19.3. The van der Waals surface area contributed by atoms with Crippen LogP contribution >= 0.6 is 0 Å². The van der Waals surface area contributed by atoms with Gasteiger partial charge >= 0.3 is 0 Å². The van der Waals surface area contributed by atoms with E-state index in [1.165, 1.54) is 33.3 Å². The van der Waals surface area contributed by atoms with Gasteiger partial charge in [0.05, 0.1) is 33.0 Å². The van der Waals surface area contributed by atoms with E-state index in [9.17, 15) is 18.4 Å². The van der Waals surface area contributed by atoms with Gasteiger partial charge in [-0.05, 0) is 12.1 Å². The summed E-state index contributed by atoms with van der Waals surface area (Å²) in [5.74, 6) is -3.96. The maximum Gasteiger partial charge on any atom is 0.277 e. The van der Waals surface area contributed by atoms with Crippen molar-refractivity contribution in [1.29, 1.82) is 0 Å². The molecule has 0 unspecified atom stereocenters. The summed E-state index contributed by atoms with van der Waals surface area (Å²) in [5, 5.41) is 4.57. The van der Waals surface area contributed by atoms with Crippen molar-refractivity contribution >= 4 is 17.5 Å². The second kappa shape index (κ2) is 7.73. The number of hydrogen-bond donors (Lipinski definition) is 3. The van der Waals surface area contributed by atoms with Crippen LogP contribution in [0.4, 0.5) is 14.5 Å². The zero-order valence-corrected chi connectivity index (χ0v) is 13.0. The number of benzene rings is 1. The largest absolute Gasteiger partial charge is 0.493 e. The van der Waals surface area contributed by atoms with Crippen LogP contribution in [-0.4, -0.2) is 45.0 Å². The fourth-order valence-electron chi connectivity index (χ4n) is 1.76. The molecule has 0 radical (unpaired) electrons. The zero-order chi connectivity index (χ0) is 17.6. The van der Waals surface area contributed by atoms with Crippen LogP contribution in [-0.2, 0) is 4.79 Å². The van der Waals surface area contributed by atoms with Crippen LogP contribution < -0.4 is 25.8 Å². The summed E-state index contributed by atoms with van der Waals surface area (Å²) in [4.78, 5) is 23.3. The SMILES string of the molecule is COc1cc(C(=O)NCC(F)(F)CN)cc(NC(C)=O)c1OC. The van der Waals surface area contributed by atoms with Crippen molar-refractivity contribution in [2.45, 2.75) is 12.8 Å². The highest BCUT2D eigenvalue weighted by molar-refractivity contribution is 5.99. The fraction of sp³-hybridized carbons (Fsp3) is 0.429. The molecule has 128 valence electrons. The molecule has 0 spiro atoms. The van der Waals surface area contributed by atoms with E-state index in [2.05, 4.69) is 10.6 Å². The molecule has 9 heteroatoms. The summed E-state index contributed by atoms with van der Waals surface area (Å²) in [5.41, 5.74) is 5.13. The highest BCUT2D eigenvalue weighted by Crippen LogP contribution is 2.36. The Balaban J connectivity index is 3.11. The Morgan fingerprint density at radius 2 is 1.91 bits per heavy atom. The van der Waals surface area contributed by atoms with Crippen molar-refractivity contribution in [1.82, 2.24) is 5.32 Å². The summed E-state index contributed by atoms with van der Waals surface area (Å²) in [6, 6.07) is 2.62. The van der Waals surface area contributed by atoms with E-state index >= 15 is 0 Å². The number of anilines is 1. The molecule has 0 aliphatic heterocycles. The average Bonchev–Trinajstić information content (AvgIpc) is 2.51. The summed E-state index contributed by atoms with van der Waals surface area (Å²) in [6.07, 6.45) is 0. The number of rotatable bonds is 7. The fourth-order valence-corrected chi connectivity index (χ4v) is 1.76. The van der Waals surface area contributed by atoms with Crippen LogP contribution in [0.2, 0.25) is 0 Å². The maximum atomic E-state index is 13.1. The molecule has 1 rings (SSSR count). The molecule has 7 nitrogen and oxygen atoms in total. The zero-order valence-electron chi connectivity index (χ0n) is 13.0. The number of carbonyl (C=O) groups excluding carboxylic acids is 2. The third kappa shape index (κ3) is 5.06. The normalized spacial score (nSPS) is 10.9. The second-order valence-electron chi connectivity index (χ2n) is 4.68. The lowest BCUT2D eigenvalue weighted by Gasteiger charge is -2.17. The highest BCUT2D eigenvalue weighted by Gasteiger charge is 2.27. The number of methoxy groups -OCH3 is 2. The molecule has 0 aliphatic rings. The van der Waals surface area contributed by atoms with Crippen LogP contribution in [0.5, 0.6) is 11.5 Å². The molecule has 23 heavy (non-hydrogen) atoms. The first-order valence-electron chi connectivity index (χ1n) is 6.63. The lowest BCUT2D eigenvalue weighted by molar-refractivity contribution is -0.114. The predicted molar refractivity (Wildman–Crippen MR) is 80.2 cm³/mol. The molecule has 0 saturated carbocycles. The number of halogens is 2. The van der Waals surface area contributed by atoms with E-state index in [4.69, 9.17) is 15.2 Å². The Kier molecular flexibility index (Phi) is 6.26. The molecule has 2 amide bonds. The summed E-state index contributed by atoms with van der Waals surface area (Å²) >= 11 is 0. The number of amides is 2. The van der Waals surface area contributed by atoms with Crippen LogP contribution in [0, 0.1) is 0 Å². The van der Waals surface area contributed by atoms with Gasteiger partial charge in [0, 0.05) is 12.5 Å². The van der Waals surface area contributed by atoms with Gasteiger partial charge in [-0.3, -0.25) is 9.59 Å². The number of ether oxygens (including phenoxy) is 2. The molecule has 0 aromatic heterocycles. The van der Waals surface area contributed by atoms with Crippen molar-refractivity contribution in [3.05, 3.63) is 17.7 Å². The van der Waals surface area contributed by atoms with Gasteiger partial charge in [0.1, 0.15) is 0 Å². The first kappa shape index (κ1) is 18.6. The standard InChI is InChI=1S/C14H19F2N3O4/c1-8(20)19-10-4-9(5-11(22-2)12(10)23-3)13(21)18-7-14(15,16)6-17/h4-5H,6-7,17H2,1-3H3,(H,18,21)(H,19,20). The third-order valence-electron chi connectivity index (χ3n) is 2.86. The van der Waals surface area contributed by atoms with Gasteiger partial charge in [-0.2, -0.15) is 0 Å². The first-order chi connectivity index (χ1) is 10.7. The molecule has 0 bridgehead atoms. The van der Waals surface area contributed by atoms with E-state index in [0.29, 0.717) is 0 Å². The summed E-state index contributed by atoms with van der Waals surface area (Å²) in [6.45, 7) is -0.497. The molecule has 0 atom stereocenters. The third-order valence-corrected chi connectivity index (χ3v) is 2.86. The van der Waals surface area contributed by atoms with Crippen LogP contribution in [0.15, 0.2) is 12.1 Å². The van der Waals surface area contributed by atoms with E-state index < -0.39 is 30.8 Å². The molecule has 1 aromatic carbocycles. The Bertz CT molecular complexity index is 594. The number of nitrogens with two attached hydrogens (primary N) is 1. The number of nitrogens with one attached hydrogen (secondary N) is 2. The lowest BCUT2D eigenvalue weighted by atomic mass is 10.1. The van der Waals surface area contributed by atoms with Crippen molar-refractivity contribution in [3.8, 4) is 11.5 Å². The van der Waals surface area contributed by atoms with Gasteiger partial charge in [0.25, 0.3) is 11.8 Å². The average molecular weight is 331 g/mol. The van der Waals surface area contributed by atoms with Gasteiger partial charge in [-0.25, -0.2) is 8.78 Å². The maximum absolute atomic E-state index is 13.1. The summed E-state index contributed by atoms with van der Waals surface area (Å²) < 4.78 is 36.4. The van der Waals surface area contributed by atoms with Gasteiger partial charge in [0.15, 0.2) is 11.5 Å². The van der Waals surface area contributed by atoms with Crippen LogP contribution in [0.1, 0.15) is 17.3 Å². The molecule has 0 saturated heterocycles. The number of hydrogen-bond acceptors (Lipinski definition) is 5. The minimum absolute atomic E-state index is 0.0271. The second-order valence-corrected chi connectivity index (χ2v) is 4.68. The summed E-state index contributed by atoms with van der Waals surface area (Å²) in [7, 11) is 2.71. The van der Waals surface area contributed by atoms with Gasteiger partial charge < -0.3 is 25.8 Å². The molecule has 0 heterocycles. The van der Waals surface area contributed by atoms with Gasteiger partial charge in [-0.1, -0.05) is 0 Å². The Morgan fingerprint density at radius 3 is 2.39 bits per heavy atom. The minimum Gasteiger partial charge on any atom is -0.493 e. The van der Waals surface area contributed by atoms with Crippen molar-refractivity contribution in [3.63, 3.8) is 0 Å². The Hall–Kier alpha value is -2.42. The Morgan fingerprint density at radius 1 is 1.26 bits per heavy atom.